The highest BCUT2D eigenvalue weighted by atomic mass is 127. The van der Waals surface area contributed by atoms with Gasteiger partial charge < -0.3 is 34.2 Å². The summed E-state index contributed by atoms with van der Waals surface area (Å²) in [5.41, 5.74) is 4.50. The highest BCUT2D eigenvalue weighted by Crippen LogP contribution is 2.03. The molecule has 0 aliphatic heterocycles. The zero-order chi connectivity index (χ0) is 9.33. The quantitative estimate of drug-likeness (QED) is 0.466. The molecule has 0 aromatic rings. The molecule has 0 heterocycles. The Morgan fingerprint density at radius 2 is 0.923 bits per heavy atom. The van der Waals surface area contributed by atoms with Crippen molar-refractivity contribution in [3.8, 4) is 0 Å². The number of halogens is 2. The molecule has 2 N–H and O–H groups in total. The van der Waals surface area contributed by atoms with Crippen molar-refractivity contribution >= 4 is 24.0 Å². The maximum atomic E-state index is 4.50. The molecule has 86 valence electrons. The van der Waals surface area contributed by atoms with E-state index in [1.807, 2.05) is 0 Å². The van der Waals surface area contributed by atoms with Gasteiger partial charge in [-0.05, 0) is 34.7 Å². The molecule has 2 nitrogen and oxygen atoms in total. The summed E-state index contributed by atoms with van der Waals surface area (Å²) in [5, 5.41) is 0. The topological polar surface area (TPSA) is 26.0 Å². The van der Waals surface area contributed by atoms with Crippen LogP contribution in [0.4, 0.5) is 0 Å². The first kappa shape index (κ1) is 23.9. The first-order valence-electron chi connectivity index (χ1n) is 4.67. The first-order chi connectivity index (χ1) is 5.24. The molecule has 0 atom stereocenters. The van der Waals surface area contributed by atoms with Crippen LogP contribution in [0.2, 0.25) is 0 Å². The van der Waals surface area contributed by atoms with E-state index in [4.69, 9.17) is 0 Å². The number of nitrogens with zero attached hydrogens (tertiary/aromatic N) is 1. The Balaban J connectivity index is -0.0000000941. The Labute approximate surface area is 118 Å². The summed E-state index contributed by atoms with van der Waals surface area (Å²) in [4.78, 5) is 0. The number of nitrogens with two attached hydrogens (primary N) is 1. The lowest BCUT2D eigenvalue weighted by atomic mass is 10.3. The number of rotatable bonds is 4. The van der Waals surface area contributed by atoms with E-state index in [9.17, 15) is 0 Å². The van der Waals surface area contributed by atoms with Crippen LogP contribution in [-0.2, 0) is 0 Å². The third-order valence-electron chi connectivity index (χ3n) is 2.68. The molecule has 4 heteroatoms. The van der Waals surface area contributed by atoms with Crippen LogP contribution >= 0.6 is 24.0 Å². The highest BCUT2D eigenvalue weighted by Gasteiger charge is 2.16. The van der Waals surface area contributed by atoms with Crippen molar-refractivity contribution in [2.24, 2.45) is 5.73 Å². The fourth-order valence-electron chi connectivity index (χ4n) is 1.34. The summed E-state index contributed by atoms with van der Waals surface area (Å²) >= 11 is 0. The number of hydrogen-bond donors (Lipinski definition) is 1. The maximum absolute atomic E-state index is 4.50. The van der Waals surface area contributed by atoms with E-state index in [2.05, 4.69) is 33.4 Å². The van der Waals surface area contributed by atoms with E-state index < -0.39 is 0 Å². The van der Waals surface area contributed by atoms with Crippen molar-refractivity contribution in [2.75, 3.05) is 33.2 Å². The second kappa shape index (κ2) is 15.8. The summed E-state index contributed by atoms with van der Waals surface area (Å²) in [7, 11) is 1.50. The lowest BCUT2D eigenvalue weighted by Gasteiger charge is -2.34. The molecular formula is C9H26I2N2. The van der Waals surface area contributed by atoms with Crippen LogP contribution < -0.4 is 29.7 Å². The van der Waals surface area contributed by atoms with Gasteiger partial charge in [-0.1, -0.05) is 0 Å². The van der Waals surface area contributed by atoms with Gasteiger partial charge in [0.15, 0.2) is 0 Å². The Bertz CT molecular complexity index is 58.5. The predicted molar refractivity (Wildman–Crippen MR) is 68.0 cm³/mol. The van der Waals surface area contributed by atoms with Crippen LogP contribution in [0.1, 0.15) is 27.7 Å². The van der Waals surface area contributed by atoms with Gasteiger partial charge in [-0.2, -0.15) is 0 Å². The average Bonchev–Trinajstić information content (AvgIpc) is 2.13. The van der Waals surface area contributed by atoms with Crippen molar-refractivity contribution in [1.82, 2.24) is 0 Å². The summed E-state index contributed by atoms with van der Waals surface area (Å²) < 4.78 is 1.28. The van der Waals surface area contributed by atoms with Crippen LogP contribution in [0, 0.1) is 0 Å². The van der Waals surface area contributed by atoms with Gasteiger partial charge in [-0.3, -0.25) is 0 Å². The summed E-state index contributed by atoms with van der Waals surface area (Å²) in [5.74, 6) is 0. The second-order valence-corrected chi connectivity index (χ2v) is 2.61. The molecule has 0 aliphatic rings. The average molecular weight is 416 g/mol. The van der Waals surface area contributed by atoms with E-state index in [1.54, 1.807) is 0 Å². The van der Waals surface area contributed by atoms with Gasteiger partial charge in [-0.25, -0.2) is 0 Å². The number of hydrogen-bond acceptors (Lipinski definition) is 1. The lowest BCUT2D eigenvalue weighted by Crippen LogP contribution is -3.00. The molecule has 0 spiro atoms. The smallest absolute Gasteiger partial charge is 0.0757 e. The lowest BCUT2D eigenvalue weighted by molar-refractivity contribution is -0.921. The number of quaternary nitrogens is 1. The normalized spacial score (nSPS) is 8.77. The molecule has 0 fully saturated rings. The zero-order valence-corrected chi connectivity index (χ0v) is 14.1. The fraction of sp³-hybridized carbons (Fsp3) is 1.00. The van der Waals surface area contributed by atoms with Crippen LogP contribution in [-0.4, -0.2) is 37.7 Å². The minimum Gasteiger partial charge on any atom is -1.00 e. The van der Waals surface area contributed by atoms with Gasteiger partial charge >= 0.3 is 0 Å². The molecule has 0 amide bonds. The Kier molecular flexibility index (Phi) is 29.1. The van der Waals surface area contributed by atoms with Crippen LogP contribution in [0.25, 0.3) is 0 Å². The van der Waals surface area contributed by atoms with Gasteiger partial charge in [0.2, 0.25) is 0 Å². The van der Waals surface area contributed by atoms with Gasteiger partial charge in [0.05, 0.1) is 26.2 Å². The van der Waals surface area contributed by atoms with Gasteiger partial charge in [0.25, 0.3) is 0 Å². The molecule has 0 unspecified atom stereocenters. The highest BCUT2D eigenvalue weighted by molar-refractivity contribution is 14.0. The van der Waals surface area contributed by atoms with Gasteiger partial charge in [0, 0.05) is 0 Å². The predicted octanol–water partition coefficient (Wildman–Crippen LogP) is -0.920. The molecule has 0 aliphatic carbocycles. The van der Waals surface area contributed by atoms with E-state index >= 15 is 0 Å². The molecule has 13 heavy (non-hydrogen) atoms. The van der Waals surface area contributed by atoms with Crippen molar-refractivity contribution in [2.45, 2.75) is 27.7 Å². The van der Waals surface area contributed by atoms with Crippen molar-refractivity contribution in [3.05, 3.63) is 0 Å². The minimum atomic E-state index is 0. The summed E-state index contributed by atoms with van der Waals surface area (Å²) in [6, 6.07) is 0. The van der Waals surface area contributed by atoms with Crippen LogP contribution in [0.5, 0.6) is 0 Å². The molecule has 0 rings (SSSR count). The second-order valence-electron chi connectivity index (χ2n) is 2.61. The third kappa shape index (κ3) is 9.68. The Morgan fingerprint density at radius 1 is 0.769 bits per heavy atom. The third-order valence-corrected chi connectivity index (χ3v) is 2.68. The molecule has 0 bridgehead atoms. The Morgan fingerprint density at radius 3 is 0.923 bits per heavy atom. The van der Waals surface area contributed by atoms with Crippen LogP contribution in [0.15, 0.2) is 0 Å². The van der Waals surface area contributed by atoms with Crippen molar-refractivity contribution in [1.29, 1.82) is 0 Å². The molecule has 0 aromatic heterocycles. The Hall–Kier alpha value is 1.38. The van der Waals surface area contributed by atoms with E-state index in [1.165, 1.54) is 37.7 Å². The van der Waals surface area contributed by atoms with Crippen molar-refractivity contribution < 1.29 is 28.5 Å². The molecule has 0 saturated heterocycles. The van der Waals surface area contributed by atoms with E-state index in [0.29, 0.717) is 0 Å². The maximum Gasteiger partial charge on any atom is 0.0757 e. The van der Waals surface area contributed by atoms with Crippen LogP contribution in [0.3, 0.4) is 0 Å². The van der Waals surface area contributed by atoms with E-state index in [0.717, 1.165) is 0 Å². The van der Waals surface area contributed by atoms with Crippen molar-refractivity contribution in [3.63, 3.8) is 0 Å². The van der Waals surface area contributed by atoms with Gasteiger partial charge in [-0.15, -0.1) is 24.0 Å². The summed E-state index contributed by atoms with van der Waals surface area (Å²) in [6.07, 6.45) is 0. The molecule has 0 radical (unpaired) electrons. The monoisotopic (exact) mass is 416 g/mol. The summed E-state index contributed by atoms with van der Waals surface area (Å²) in [6.45, 7) is 14.2. The zero-order valence-electron chi connectivity index (χ0n) is 9.64. The largest absolute Gasteiger partial charge is 1.00 e. The standard InChI is InChI=1S/C8H20N.CH5N.2HI/c1-5-9(6-2,7-3)8-4;1-2;;/h5-8H2,1-4H3;2H2,1H3;2*1H/q+1;;;/p-1. The molecular weight excluding hydrogens is 390 g/mol. The molecule has 0 saturated carbocycles. The molecule has 0 aromatic carbocycles. The first-order valence-corrected chi connectivity index (χ1v) is 4.67. The SMILES string of the molecule is CC[N+](CC)(CC)CC.CN.I.[I-]. The fourth-order valence-corrected chi connectivity index (χ4v) is 1.34. The van der Waals surface area contributed by atoms with Gasteiger partial charge in [0.1, 0.15) is 0 Å². The minimum absolute atomic E-state index is 0. The van der Waals surface area contributed by atoms with E-state index in [-0.39, 0.29) is 48.0 Å².